The Hall–Kier alpha value is -3.35. The molecule has 2 aromatic carbocycles. The normalized spacial score (nSPS) is 19.9. The fourth-order valence-corrected chi connectivity index (χ4v) is 3.66. The third kappa shape index (κ3) is 3.69. The maximum Gasteiger partial charge on any atom is 0.251 e. The number of aromatic nitrogens is 2. The van der Waals surface area contributed by atoms with E-state index in [1.54, 1.807) is 24.3 Å². The summed E-state index contributed by atoms with van der Waals surface area (Å²) in [4.78, 5) is 25.8. The van der Waals surface area contributed by atoms with Gasteiger partial charge in [0, 0.05) is 28.7 Å². The average molecular weight is 375 g/mol. The molecular formula is C20H21N7O. The first-order valence-electron chi connectivity index (χ1n) is 9.25. The molecule has 0 bridgehead atoms. The zero-order chi connectivity index (χ0) is 19.5. The molecule has 8 nitrogen and oxygen atoms in total. The zero-order valence-corrected chi connectivity index (χ0v) is 15.5. The van der Waals surface area contributed by atoms with Crippen molar-refractivity contribution in [3.05, 3.63) is 70.4 Å². The summed E-state index contributed by atoms with van der Waals surface area (Å²) in [5.74, 6) is 0.812. The molecule has 28 heavy (non-hydrogen) atoms. The Morgan fingerprint density at radius 3 is 2.82 bits per heavy atom. The number of carbonyl (C=O) groups excluding carboxylic acids is 1. The number of carbonyl (C=O) groups is 1. The summed E-state index contributed by atoms with van der Waals surface area (Å²) < 4.78 is 0. The lowest BCUT2D eigenvalue weighted by molar-refractivity contribution is 0.0884. The molecule has 8 heteroatoms. The molecule has 142 valence electrons. The van der Waals surface area contributed by atoms with Gasteiger partial charge in [-0.2, -0.15) is 0 Å². The van der Waals surface area contributed by atoms with E-state index in [4.69, 9.17) is 10.5 Å². The van der Waals surface area contributed by atoms with Crippen LogP contribution in [0.1, 0.15) is 35.1 Å². The number of hydrogen-bond acceptors (Lipinski definition) is 4. The lowest BCUT2D eigenvalue weighted by Gasteiger charge is -2.36. The number of benzene rings is 2. The maximum atomic E-state index is 12.6. The average Bonchev–Trinajstić information content (AvgIpc) is 3.14. The van der Waals surface area contributed by atoms with Crippen molar-refractivity contribution in [1.82, 2.24) is 20.2 Å². The van der Waals surface area contributed by atoms with Gasteiger partial charge in [-0.15, -0.1) is 0 Å². The number of imidazole rings is 1. The number of azide groups is 1. The van der Waals surface area contributed by atoms with Gasteiger partial charge in [-0.25, -0.2) is 4.98 Å². The Bertz CT molecular complexity index is 1000. The lowest BCUT2D eigenvalue weighted by Crippen LogP contribution is -2.45. The minimum Gasteiger partial charge on any atom is -0.349 e. The number of nitrogens with zero attached hydrogens (tertiary/aromatic N) is 5. The third-order valence-electron chi connectivity index (χ3n) is 5.22. The van der Waals surface area contributed by atoms with E-state index in [-0.39, 0.29) is 18.0 Å². The molecule has 4 rings (SSSR count). The summed E-state index contributed by atoms with van der Waals surface area (Å²) >= 11 is 0. The van der Waals surface area contributed by atoms with Gasteiger partial charge in [-0.1, -0.05) is 29.4 Å². The highest BCUT2D eigenvalue weighted by atomic mass is 16.1. The van der Waals surface area contributed by atoms with Crippen LogP contribution >= 0.6 is 0 Å². The minimum absolute atomic E-state index is 0.0683. The van der Waals surface area contributed by atoms with Crippen molar-refractivity contribution in [2.45, 2.75) is 24.9 Å². The molecule has 2 N–H and O–H groups in total. The maximum absolute atomic E-state index is 12.6. The number of H-pyrrole nitrogens is 1. The van der Waals surface area contributed by atoms with Gasteiger partial charge in [0.2, 0.25) is 0 Å². The van der Waals surface area contributed by atoms with Crippen molar-refractivity contribution in [2.75, 3.05) is 13.6 Å². The van der Waals surface area contributed by atoms with E-state index in [0.29, 0.717) is 11.3 Å². The summed E-state index contributed by atoms with van der Waals surface area (Å²) in [7, 11) is 2.09. The van der Waals surface area contributed by atoms with Crippen LogP contribution in [0.15, 0.2) is 53.6 Å². The van der Waals surface area contributed by atoms with E-state index in [1.807, 2.05) is 24.3 Å². The molecule has 0 unspecified atom stereocenters. The van der Waals surface area contributed by atoms with Gasteiger partial charge in [0.25, 0.3) is 5.91 Å². The minimum atomic E-state index is -0.120. The van der Waals surface area contributed by atoms with Crippen molar-refractivity contribution in [3.8, 4) is 0 Å². The van der Waals surface area contributed by atoms with E-state index < -0.39 is 0 Å². The summed E-state index contributed by atoms with van der Waals surface area (Å²) in [6.45, 7) is 0.877. The molecule has 3 aromatic rings. The first-order chi connectivity index (χ1) is 13.6. The molecule has 1 amide bonds. The number of para-hydroxylation sites is 2. The first-order valence-corrected chi connectivity index (χ1v) is 9.25. The van der Waals surface area contributed by atoms with Crippen LogP contribution in [0.4, 0.5) is 5.69 Å². The van der Waals surface area contributed by atoms with Crippen LogP contribution in [0.3, 0.4) is 0 Å². The predicted octanol–water partition coefficient (Wildman–Crippen LogP) is 4.07. The second-order valence-corrected chi connectivity index (χ2v) is 7.07. The fraction of sp³-hybridized carbons (Fsp3) is 0.300. The molecule has 1 aromatic heterocycles. The van der Waals surface area contributed by atoms with Crippen molar-refractivity contribution >= 4 is 22.6 Å². The highest BCUT2D eigenvalue weighted by Crippen LogP contribution is 2.29. The van der Waals surface area contributed by atoms with E-state index in [2.05, 4.69) is 32.3 Å². The van der Waals surface area contributed by atoms with Gasteiger partial charge in [-0.05, 0) is 49.7 Å². The van der Waals surface area contributed by atoms with E-state index in [9.17, 15) is 4.79 Å². The van der Waals surface area contributed by atoms with Gasteiger partial charge in [0.05, 0.1) is 17.1 Å². The molecule has 0 aliphatic carbocycles. The molecular weight excluding hydrogens is 354 g/mol. The molecule has 1 fully saturated rings. The number of piperidine rings is 1. The van der Waals surface area contributed by atoms with Crippen LogP contribution in [-0.2, 0) is 0 Å². The molecule has 1 aliphatic rings. The van der Waals surface area contributed by atoms with Gasteiger partial charge < -0.3 is 10.3 Å². The first kappa shape index (κ1) is 18.0. The molecule has 0 spiro atoms. The van der Waals surface area contributed by atoms with Crippen molar-refractivity contribution in [2.24, 2.45) is 5.11 Å². The number of hydrogen-bond donors (Lipinski definition) is 2. The lowest BCUT2D eigenvalue weighted by atomic mass is 9.96. The Kier molecular flexibility index (Phi) is 4.97. The van der Waals surface area contributed by atoms with Crippen LogP contribution < -0.4 is 5.32 Å². The summed E-state index contributed by atoms with van der Waals surface area (Å²) in [6.07, 6.45) is 1.68. The summed E-state index contributed by atoms with van der Waals surface area (Å²) in [5.41, 5.74) is 11.5. The molecule has 2 heterocycles. The number of likely N-dealkylation sites (tertiary alicyclic amines) is 1. The number of nitrogens with one attached hydrogen (secondary N) is 2. The number of fused-ring (bicyclic) bond motifs is 1. The van der Waals surface area contributed by atoms with Crippen molar-refractivity contribution < 1.29 is 4.79 Å². The van der Waals surface area contributed by atoms with Gasteiger partial charge in [0.15, 0.2) is 0 Å². The van der Waals surface area contributed by atoms with Crippen LogP contribution in [0.2, 0.25) is 0 Å². The summed E-state index contributed by atoms with van der Waals surface area (Å²) in [5, 5.41) is 6.66. The van der Waals surface area contributed by atoms with Crippen LogP contribution in [0.5, 0.6) is 0 Å². The quantitative estimate of drug-likeness (QED) is 0.407. The fourth-order valence-electron chi connectivity index (χ4n) is 3.66. The van der Waals surface area contributed by atoms with Crippen LogP contribution in [0, 0.1) is 0 Å². The highest BCUT2D eigenvalue weighted by Gasteiger charge is 2.30. The number of rotatable bonds is 4. The van der Waals surface area contributed by atoms with Crippen LogP contribution in [-0.4, -0.2) is 40.4 Å². The van der Waals surface area contributed by atoms with Crippen molar-refractivity contribution in [3.63, 3.8) is 0 Å². The monoisotopic (exact) mass is 375 g/mol. The molecule has 0 radical (unpaired) electrons. The molecule has 2 atom stereocenters. The Morgan fingerprint density at radius 2 is 2.07 bits per heavy atom. The van der Waals surface area contributed by atoms with E-state index in [1.165, 1.54) is 0 Å². The Labute approximate surface area is 162 Å². The molecule has 0 saturated carbocycles. The Morgan fingerprint density at radius 1 is 1.29 bits per heavy atom. The molecule has 1 aliphatic heterocycles. The number of aromatic amines is 1. The number of amides is 1. The van der Waals surface area contributed by atoms with Gasteiger partial charge >= 0.3 is 0 Å². The van der Waals surface area contributed by atoms with Gasteiger partial charge in [0.1, 0.15) is 5.82 Å². The van der Waals surface area contributed by atoms with Gasteiger partial charge in [-0.3, -0.25) is 9.69 Å². The topological polar surface area (TPSA) is 110 Å². The predicted molar refractivity (Wildman–Crippen MR) is 107 cm³/mol. The van der Waals surface area contributed by atoms with Crippen molar-refractivity contribution in [1.29, 1.82) is 0 Å². The standard InChI is InChI=1S/C20H21N7O/c1-27-11-10-15(22-20(28)13-6-8-14(9-7-13)25-26-21)12-18(27)19-23-16-4-2-3-5-17(16)24-19/h2-9,15,18H,10-12H2,1H3,(H,22,28)(H,23,24)/t15-,18-/m1/s1. The second kappa shape index (κ2) is 7.72. The zero-order valence-electron chi connectivity index (χ0n) is 15.5. The second-order valence-electron chi connectivity index (χ2n) is 7.07. The largest absolute Gasteiger partial charge is 0.349 e. The summed E-state index contributed by atoms with van der Waals surface area (Å²) in [6, 6.07) is 14.8. The van der Waals surface area contributed by atoms with E-state index >= 15 is 0 Å². The third-order valence-corrected chi connectivity index (χ3v) is 5.22. The smallest absolute Gasteiger partial charge is 0.251 e. The Balaban J connectivity index is 1.46. The highest BCUT2D eigenvalue weighted by molar-refractivity contribution is 5.94. The molecule has 1 saturated heterocycles. The van der Waals surface area contributed by atoms with Crippen LogP contribution in [0.25, 0.3) is 21.5 Å². The SMILES string of the molecule is CN1CC[C@@H](NC(=O)c2ccc(N=[N+]=[N-])cc2)C[C@@H]1c1nc2ccccc2[nH]1. The van der Waals surface area contributed by atoms with E-state index in [0.717, 1.165) is 36.2 Å².